The van der Waals surface area contributed by atoms with Crippen LogP contribution in [0.25, 0.3) is 89.9 Å². The van der Waals surface area contributed by atoms with E-state index < -0.39 is 17.9 Å². The second-order valence-electron chi connectivity index (χ2n) is 21.7. The summed E-state index contributed by atoms with van der Waals surface area (Å²) in [6, 6.07) is 31.1. The molecule has 0 spiro atoms. The predicted molar refractivity (Wildman–Crippen MR) is 357 cm³/mol. The van der Waals surface area contributed by atoms with Gasteiger partial charge in [-0.25, -0.2) is 29.3 Å². The van der Waals surface area contributed by atoms with Crippen molar-refractivity contribution < 1.29 is 44.1 Å². The fraction of sp³-hybridized carbons (Fsp3) is 0.101. The number of aryl methyl sites for hydroxylation is 4. The maximum Gasteiger partial charge on any atom is 0.337 e. The number of benzene rings is 4. The van der Waals surface area contributed by atoms with Gasteiger partial charge in [-0.3, -0.25) is 19.4 Å². The van der Waals surface area contributed by atoms with E-state index in [0.29, 0.717) is 73.3 Å². The minimum Gasteiger partial charge on any atom is -0.478 e. The molecule has 14 rings (SSSR count). The number of carbonyl (C=O) groups excluding carboxylic acids is 3. The third-order valence-electron chi connectivity index (χ3n) is 15.8. The molecule has 0 saturated carbocycles. The van der Waals surface area contributed by atoms with E-state index in [1.807, 2.05) is 120 Å². The molecule has 0 unspecified atom stereocenters. The van der Waals surface area contributed by atoms with Crippen LogP contribution >= 0.6 is 34.0 Å². The summed E-state index contributed by atoms with van der Waals surface area (Å²) in [4.78, 5) is 99.8. The van der Waals surface area contributed by atoms with Crippen molar-refractivity contribution in [1.29, 1.82) is 0 Å². The van der Waals surface area contributed by atoms with Gasteiger partial charge in [0.2, 0.25) is 0 Å². The van der Waals surface area contributed by atoms with Crippen molar-refractivity contribution in [2.24, 2.45) is 0 Å². The Kier molecular flexibility index (Phi) is 16.1. The summed E-state index contributed by atoms with van der Waals surface area (Å²) in [5.74, 6) is -3.62. The molecule has 0 fully saturated rings. The summed E-state index contributed by atoms with van der Waals surface area (Å²) in [5, 5.41) is 45.7. The Morgan fingerprint density at radius 2 is 0.791 bits per heavy atom. The van der Waals surface area contributed by atoms with Gasteiger partial charge in [0.1, 0.15) is 10.0 Å². The van der Waals surface area contributed by atoms with Crippen LogP contribution < -0.4 is 16.0 Å². The van der Waals surface area contributed by atoms with E-state index in [9.17, 15) is 44.1 Å². The minimum absolute atomic E-state index is 0.208. The van der Waals surface area contributed by atoms with Crippen LogP contribution in [0.4, 0.5) is 17.1 Å². The third-order valence-corrected chi connectivity index (χ3v) is 18.3. The van der Waals surface area contributed by atoms with Crippen LogP contribution in [-0.4, -0.2) is 85.8 Å². The van der Waals surface area contributed by atoms with Gasteiger partial charge in [-0.2, -0.15) is 0 Å². The van der Waals surface area contributed by atoms with E-state index in [0.717, 1.165) is 88.0 Å². The molecule has 0 aliphatic carbocycles. The van der Waals surface area contributed by atoms with Crippen LogP contribution in [0, 0.1) is 48.5 Å². The summed E-state index contributed by atoms with van der Waals surface area (Å²) in [7, 11) is 0. The van der Waals surface area contributed by atoms with Crippen LogP contribution in [0.2, 0.25) is 0 Å². The van der Waals surface area contributed by atoms with Gasteiger partial charge in [-0.15, -0.1) is 34.0 Å². The summed E-state index contributed by atoms with van der Waals surface area (Å²) in [6.45, 7) is 12.3. The number of anilines is 3. The van der Waals surface area contributed by atoms with Crippen molar-refractivity contribution in [3.05, 3.63) is 215 Å². The Morgan fingerprint density at radius 1 is 0.429 bits per heavy atom. The zero-order valence-corrected chi connectivity index (χ0v) is 52.1. The van der Waals surface area contributed by atoms with Gasteiger partial charge < -0.3 is 46.2 Å². The first-order valence-corrected chi connectivity index (χ1v) is 30.9. The molecule has 0 bridgehead atoms. The molecular formula is C69H54N10O9S3. The lowest BCUT2D eigenvalue weighted by Gasteiger charge is -2.03. The molecular weight excluding hydrogens is 1210 g/mol. The Balaban J connectivity index is 0.000000133. The number of carboxylic acid groups (broad SMARTS) is 3. The normalized spacial score (nSPS) is 14.1. The molecule has 0 saturated heterocycles. The zero-order chi connectivity index (χ0) is 64.1. The van der Waals surface area contributed by atoms with Crippen molar-refractivity contribution in [1.82, 2.24) is 34.9 Å². The van der Waals surface area contributed by atoms with E-state index in [1.54, 1.807) is 94.8 Å². The molecule has 7 aromatic heterocycles. The number of fused-ring (bicyclic) bond motifs is 3. The standard InChI is InChI=1S/C25H19N3O3S.C24H18N4O3S.C20H17N3O3S/c1-13-20(26-14(2)22(13)25(30)31)11-18-17-10-16(8-9-19(17)27-23(18)29)21-12-32-24(28-21)15-6-4-3-5-7-15;1-12-19(26-13(2)21(12)24(30)31)9-17-16-8-14(5-6-18(16)27-22(17)29)20-11-32-23(28-20)15-4-3-7-25-10-15;1-9-16(21-10(2)18(9)20(25)26)7-14-13-6-12(17-8-27-11(3)22-17)4-5-15(13)23-19(14)24/h3-12,26H,1-2H3,(H,27,29)(H,30,31);3-11,26H,1-2H3,(H,27,29)(H,30,31);4-8,21H,1-3H3,(H,23,24)(H,25,26)/b18-11-;17-9-;14-7-. The van der Waals surface area contributed by atoms with Crippen molar-refractivity contribution in [2.75, 3.05) is 16.0 Å². The van der Waals surface area contributed by atoms with Crippen LogP contribution in [-0.2, 0) is 14.4 Å². The average molecular weight is 1260 g/mol. The minimum atomic E-state index is -0.993. The fourth-order valence-corrected chi connectivity index (χ4v) is 13.5. The number of nitrogens with one attached hydrogen (secondary N) is 6. The highest BCUT2D eigenvalue weighted by molar-refractivity contribution is 7.13. The second kappa shape index (κ2) is 24.4. The highest BCUT2D eigenvalue weighted by Gasteiger charge is 2.30. The lowest BCUT2D eigenvalue weighted by molar-refractivity contribution is -0.111. The molecule has 9 N–H and O–H groups in total. The molecule has 3 amide bonds. The largest absolute Gasteiger partial charge is 0.478 e. The number of hydrogen-bond acceptors (Lipinski definition) is 13. The molecule has 19 nitrogen and oxygen atoms in total. The van der Waals surface area contributed by atoms with E-state index in [-0.39, 0.29) is 34.4 Å². The molecule has 3 aliphatic rings. The van der Waals surface area contributed by atoms with Crippen molar-refractivity contribution in [2.45, 2.75) is 48.5 Å². The van der Waals surface area contributed by atoms with Crippen molar-refractivity contribution in [3.63, 3.8) is 0 Å². The van der Waals surface area contributed by atoms with Gasteiger partial charge in [-0.05, 0) is 132 Å². The van der Waals surface area contributed by atoms with E-state index >= 15 is 0 Å². The molecule has 10 heterocycles. The van der Waals surface area contributed by atoms with Crippen LogP contribution in [0.3, 0.4) is 0 Å². The lowest BCUT2D eigenvalue weighted by atomic mass is 10.0. The van der Waals surface area contributed by atoms with Gasteiger partial charge in [0, 0.05) is 124 Å². The quantitative estimate of drug-likeness (QED) is 0.0545. The number of H-pyrrole nitrogens is 3. The molecule has 91 heavy (non-hydrogen) atoms. The summed E-state index contributed by atoms with van der Waals surface area (Å²) in [6.07, 6.45) is 8.65. The van der Waals surface area contributed by atoms with E-state index in [2.05, 4.69) is 40.9 Å². The Hall–Kier alpha value is -11.2. The molecule has 11 aromatic rings. The Morgan fingerprint density at radius 3 is 1.13 bits per heavy atom. The van der Waals surface area contributed by atoms with Gasteiger partial charge >= 0.3 is 17.9 Å². The Bertz CT molecular complexity index is 4720. The topological polar surface area (TPSA) is 298 Å². The first kappa shape index (κ1) is 60.1. The number of carboxylic acids is 3. The second-order valence-corrected chi connectivity index (χ2v) is 24.4. The highest BCUT2D eigenvalue weighted by Crippen LogP contribution is 2.42. The molecule has 3 aliphatic heterocycles. The number of carbonyl (C=O) groups is 6. The highest BCUT2D eigenvalue weighted by atomic mass is 32.1. The van der Waals surface area contributed by atoms with Crippen molar-refractivity contribution >= 4 is 122 Å². The first-order chi connectivity index (χ1) is 43.7. The van der Waals surface area contributed by atoms with Gasteiger partial charge in [0.15, 0.2) is 0 Å². The number of hydrogen-bond donors (Lipinski definition) is 9. The number of aromatic nitrogens is 7. The van der Waals surface area contributed by atoms with Crippen molar-refractivity contribution in [3.8, 4) is 54.9 Å². The van der Waals surface area contributed by atoms with Gasteiger partial charge in [0.25, 0.3) is 17.7 Å². The van der Waals surface area contributed by atoms with E-state index in [4.69, 9.17) is 9.97 Å². The number of pyridine rings is 1. The summed E-state index contributed by atoms with van der Waals surface area (Å²) >= 11 is 4.69. The summed E-state index contributed by atoms with van der Waals surface area (Å²) in [5.41, 5.74) is 19.3. The SMILES string of the molecule is Cc1[nH]c(/C=C2\C(=O)Nc3ccc(-c4csc(-c5ccccc5)n4)cc32)c(C)c1C(=O)O.Cc1[nH]c(/C=C2\C(=O)Nc3ccc(-c4csc(-c5cccnc5)n4)cc32)c(C)c1C(=O)O.Cc1nc(-c2ccc3c(c2)/C(=C/c2[nH]c(C)c(C(=O)O)c2C)C(=O)N3)cs1. The maximum atomic E-state index is 12.7. The Labute approximate surface area is 531 Å². The number of aromatic carboxylic acids is 3. The monoisotopic (exact) mass is 1260 g/mol. The molecule has 4 aromatic carbocycles. The first-order valence-electron chi connectivity index (χ1n) is 28.3. The fourth-order valence-electron chi connectivity index (χ4n) is 11.3. The number of thiazole rings is 3. The predicted octanol–water partition coefficient (Wildman–Crippen LogP) is 14.9. The molecule has 22 heteroatoms. The average Bonchev–Trinajstić information content (AvgIpc) is 1.73. The number of nitrogens with zero attached hydrogens (tertiary/aromatic N) is 4. The van der Waals surface area contributed by atoms with Crippen LogP contribution in [0.5, 0.6) is 0 Å². The number of amides is 3. The maximum absolute atomic E-state index is 12.7. The summed E-state index contributed by atoms with van der Waals surface area (Å²) < 4.78 is 0. The lowest BCUT2D eigenvalue weighted by Crippen LogP contribution is -2.03. The number of aromatic amines is 3. The molecule has 0 atom stereocenters. The number of rotatable bonds is 11. The molecule has 452 valence electrons. The zero-order valence-electron chi connectivity index (χ0n) is 49.7. The molecule has 0 radical (unpaired) electrons. The van der Waals surface area contributed by atoms with E-state index in [1.165, 1.54) is 11.3 Å². The van der Waals surface area contributed by atoms with Crippen LogP contribution in [0.1, 0.15) is 104 Å². The van der Waals surface area contributed by atoms with Gasteiger partial charge in [0.05, 0.1) is 55.5 Å². The van der Waals surface area contributed by atoms with Crippen LogP contribution in [0.15, 0.2) is 126 Å². The smallest absolute Gasteiger partial charge is 0.337 e. The van der Waals surface area contributed by atoms with Gasteiger partial charge in [-0.1, -0.05) is 48.5 Å². The third kappa shape index (κ3) is 11.8.